The van der Waals surface area contributed by atoms with Crippen molar-refractivity contribution >= 4 is 17.7 Å². The Kier molecular flexibility index (Phi) is 4.52. The Morgan fingerprint density at radius 2 is 2.05 bits per heavy atom. The van der Waals surface area contributed by atoms with Gasteiger partial charge >= 0.3 is 12.1 Å². The molecule has 7 heteroatoms. The summed E-state index contributed by atoms with van der Waals surface area (Å²) in [6, 6.07) is 1.11. The van der Waals surface area contributed by atoms with Gasteiger partial charge in [-0.1, -0.05) is 0 Å². The average Bonchev–Trinajstić information content (AvgIpc) is 2.26. The fourth-order valence-corrected chi connectivity index (χ4v) is 1.32. The summed E-state index contributed by atoms with van der Waals surface area (Å²) < 4.78 is 55.1. The number of esters is 1. The van der Waals surface area contributed by atoms with E-state index in [2.05, 4.69) is 4.74 Å². The standard InChI is InChI=1S/C12H11F4NO2/c1-2-19-11(18)4-3-7-5-8(12(14,15)16)9(13)6-10(7)17/h3-6H,2,17H2,1H3/b4-3+. The van der Waals surface area contributed by atoms with E-state index in [1.165, 1.54) is 0 Å². The van der Waals surface area contributed by atoms with Crippen molar-refractivity contribution < 1.29 is 27.1 Å². The fraction of sp³-hybridized carbons (Fsp3) is 0.250. The van der Waals surface area contributed by atoms with Gasteiger partial charge in [-0.15, -0.1) is 0 Å². The first-order valence-electron chi connectivity index (χ1n) is 5.26. The summed E-state index contributed by atoms with van der Waals surface area (Å²) in [4.78, 5) is 11.0. The van der Waals surface area contributed by atoms with Crippen molar-refractivity contribution in [3.63, 3.8) is 0 Å². The molecule has 1 rings (SSSR count). The Morgan fingerprint density at radius 3 is 2.58 bits per heavy atom. The summed E-state index contributed by atoms with van der Waals surface area (Å²) in [6.07, 6.45) is -2.86. The first-order chi connectivity index (χ1) is 8.75. The molecule has 0 fully saturated rings. The van der Waals surface area contributed by atoms with Crippen LogP contribution in [0.4, 0.5) is 23.2 Å². The highest BCUT2D eigenvalue weighted by Gasteiger charge is 2.34. The van der Waals surface area contributed by atoms with Crippen LogP contribution in [0.3, 0.4) is 0 Å². The van der Waals surface area contributed by atoms with Crippen LogP contribution in [-0.2, 0) is 15.7 Å². The molecule has 0 spiro atoms. The van der Waals surface area contributed by atoms with E-state index in [1.807, 2.05) is 0 Å². The first-order valence-corrected chi connectivity index (χ1v) is 5.26. The molecule has 0 saturated carbocycles. The molecule has 3 nitrogen and oxygen atoms in total. The summed E-state index contributed by atoms with van der Waals surface area (Å²) in [6.45, 7) is 1.72. The lowest BCUT2D eigenvalue weighted by Gasteiger charge is -2.10. The summed E-state index contributed by atoms with van der Waals surface area (Å²) in [5.74, 6) is -2.18. The number of carbonyl (C=O) groups excluding carboxylic acids is 1. The number of nitrogens with two attached hydrogens (primary N) is 1. The maximum Gasteiger partial charge on any atom is 0.419 e. The molecule has 0 aliphatic heterocycles. The molecule has 0 aliphatic rings. The van der Waals surface area contributed by atoms with Crippen molar-refractivity contribution in [3.05, 3.63) is 35.2 Å². The van der Waals surface area contributed by atoms with Crippen molar-refractivity contribution in [1.82, 2.24) is 0 Å². The second-order valence-electron chi connectivity index (χ2n) is 3.54. The smallest absolute Gasteiger partial charge is 0.419 e. The van der Waals surface area contributed by atoms with E-state index in [0.717, 1.165) is 12.2 Å². The van der Waals surface area contributed by atoms with Gasteiger partial charge in [-0.25, -0.2) is 9.18 Å². The SMILES string of the molecule is CCOC(=O)/C=C/c1cc(C(F)(F)F)c(F)cc1N. The number of ether oxygens (including phenoxy) is 1. The number of hydrogen-bond donors (Lipinski definition) is 1. The number of halogens is 4. The van der Waals surface area contributed by atoms with Gasteiger partial charge in [0.05, 0.1) is 12.2 Å². The molecule has 0 heterocycles. The zero-order valence-electron chi connectivity index (χ0n) is 9.92. The lowest BCUT2D eigenvalue weighted by atomic mass is 10.1. The average molecular weight is 277 g/mol. The molecule has 0 radical (unpaired) electrons. The van der Waals surface area contributed by atoms with Crippen molar-refractivity contribution in [2.45, 2.75) is 13.1 Å². The Bertz CT molecular complexity index is 509. The van der Waals surface area contributed by atoms with Crippen LogP contribution in [0.2, 0.25) is 0 Å². The van der Waals surface area contributed by atoms with Crippen LogP contribution in [0.25, 0.3) is 6.08 Å². The van der Waals surface area contributed by atoms with E-state index in [9.17, 15) is 22.4 Å². The number of benzene rings is 1. The molecule has 0 aromatic heterocycles. The number of rotatable bonds is 3. The van der Waals surface area contributed by atoms with Crippen molar-refractivity contribution in [2.75, 3.05) is 12.3 Å². The van der Waals surface area contributed by atoms with Gasteiger partial charge in [-0.05, 0) is 30.7 Å². The van der Waals surface area contributed by atoms with Crippen LogP contribution in [-0.4, -0.2) is 12.6 Å². The molecule has 2 N–H and O–H groups in total. The minimum atomic E-state index is -4.83. The largest absolute Gasteiger partial charge is 0.463 e. The number of carbonyl (C=O) groups is 1. The van der Waals surface area contributed by atoms with E-state index in [-0.39, 0.29) is 17.9 Å². The minimum absolute atomic E-state index is 0.109. The van der Waals surface area contributed by atoms with E-state index in [1.54, 1.807) is 6.92 Å². The van der Waals surface area contributed by atoms with Crippen LogP contribution in [0.5, 0.6) is 0 Å². The highest BCUT2D eigenvalue weighted by atomic mass is 19.4. The quantitative estimate of drug-likeness (QED) is 0.400. The molecular formula is C12H11F4NO2. The predicted molar refractivity (Wildman–Crippen MR) is 61.5 cm³/mol. The highest BCUT2D eigenvalue weighted by molar-refractivity contribution is 5.88. The monoisotopic (exact) mass is 277 g/mol. The third-order valence-electron chi connectivity index (χ3n) is 2.16. The fourth-order valence-electron chi connectivity index (χ4n) is 1.32. The maximum atomic E-state index is 13.1. The second-order valence-corrected chi connectivity index (χ2v) is 3.54. The summed E-state index contributed by atoms with van der Waals surface area (Å²) in [5, 5.41) is 0. The van der Waals surface area contributed by atoms with Gasteiger partial charge in [-0.3, -0.25) is 0 Å². The molecule has 1 aromatic rings. The Balaban J connectivity index is 3.12. The molecule has 0 amide bonds. The molecule has 0 bridgehead atoms. The molecule has 0 atom stereocenters. The third-order valence-corrected chi connectivity index (χ3v) is 2.16. The van der Waals surface area contributed by atoms with Gasteiger partial charge in [0, 0.05) is 11.8 Å². The number of hydrogen-bond acceptors (Lipinski definition) is 3. The maximum absolute atomic E-state index is 13.1. The first kappa shape index (κ1) is 15.0. The number of anilines is 1. The normalized spacial score (nSPS) is 11.8. The summed E-state index contributed by atoms with van der Waals surface area (Å²) in [5.41, 5.74) is 3.63. The van der Waals surface area contributed by atoms with Crippen molar-refractivity contribution in [3.8, 4) is 0 Å². The Morgan fingerprint density at radius 1 is 1.42 bits per heavy atom. The molecule has 0 saturated heterocycles. The van der Waals surface area contributed by atoms with Crippen LogP contribution < -0.4 is 5.73 Å². The van der Waals surface area contributed by atoms with Crippen molar-refractivity contribution in [2.24, 2.45) is 0 Å². The van der Waals surface area contributed by atoms with E-state index >= 15 is 0 Å². The third kappa shape index (κ3) is 3.97. The van der Waals surface area contributed by atoms with Gasteiger partial charge < -0.3 is 10.5 Å². The second kappa shape index (κ2) is 5.73. The van der Waals surface area contributed by atoms with Crippen LogP contribution in [0, 0.1) is 5.82 Å². The number of alkyl halides is 3. The van der Waals surface area contributed by atoms with Gasteiger partial charge in [0.15, 0.2) is 0 Å². The predicted octanol–water partition coefficient (Wildman–Crippen LogP) is 3.00. The van der Waals surface area contributed by atoms with E-state index in [0.29, 0.717) is 12.1 Å². The lowest BCUT2D eigenvalue weighted by molar-refractivity contribution is -0.140. The Labute approximate surface area is 106 Å². The van der Waals surface area contributed by atoms with Crippen LogP contribution in [0.15, 0.2) is 18.2 Å². The number of nitrogen functional groups attached to an aromatic ring is 1. The Hall–Kier alpha value is -2.05. The summed E-state index contributed by atoms with van der Waals surface area (Å²) in [7, 11) is 0. The zero-order valence-corrected chi connectivity index (χ0v) is 9.92. The van der Waals surface area contributed by atoms with Crippen molar-refractivity contribution in [1.29, 1.82) is 0 Å². The molecule has 0 aliphatic carbocycles. The minimum Gasteiger partial charge on any atom is -0.463 e. The van der Waals surface area contributed by atoms with Gasteiger partial charge in [0.25, 0.3) is 0 Å². The molecular weight excluding hydrogens is 266 g/mol. The topological polar surface area (TPSA) is 52.3 Å². The molecule has 19 heavy (non-hydrogen) atoms. The highest BCUT2D eigenvalue weighted by Crippen LogP contribution is 2.33. The van der Waals surface area contributed by atoms with Gasteiger partial charge in [-0.2, -0.15) is 13.2 Å². The molecule has 1 aromatic carbocycles. The van der Waals surface area contributed by atoms with Crippen LogP contribution in [0.1, 0.15) is 18.1 Å². The summed E-state index contributed by atoms with van der Waals surface area (Å²) >= 11 is 0. The van der Waals surface area contributed by atoms with Crippen LogP contribution >= 0.6 is 0 Å². The lowest BCUT2D eigenvalue weighted by Crippen LogP contribution is -2.09. The van der Waals surface area contributed by atoms with E-state index < -0.39 is 23.5 Å². The molecule has 0 unspecified atom stereocenters. The van der Waals surface area contributed by atoms with Gasteiger partial charge in [0.1, 0.15) is 5.82 Å². The molecule has 104 valence electrons. The zero-order chi connectivity index (χ0) is 14.6. The van der Waals surface area contributed by atoms with E-state index in [4.69, 9.17) is 5.73 Å². The van der Waals surface area contributed by atoms with Gasteiger partial charge in [0.2, 0.25) is 0 Å².